The minimum atomic E-state index is 0.292. The van der Waals surface area contributed by atoms with Crippen LogP contribution >= 0.6 is 0 Å². The summed E-state index contributed by atoms with van der Waals surface area (Å²) in [5.41, 5.74) is 0. The van der Waals surface area contributed by atoms with E-state index in [0.29, 0.717) is 23.6 Å². The minimum Gasteiger partial charge on any atom is -0.380 e. The molecule has 15 nitrogen and oxygen atoms in total. The standard InChI is InChI=1S/C7H13NO.C7H15N.2C6H13NO.C6H11NO.2C6H13N.2C5H9NO.9C2H6/c1-8-6-4-2-3-5-7(8)9;1-8-6-4-2-3-5-7-8;2*1-7-3-2-5-8-6-4-7;1-7-5-3-2-4-6(7)8;2*1-7-5-3-2-4-6-7;2*1-6-4-2-3-5(6)7;9*1-2/h2-6H2,1H3;2-7H2,1H3;2*2-6H2,1H3;2-5H2,1H3;2*2-6H2,1H3;2*2-4H2,1H3;9*1-2H3. The van der Waals surface area contributed by atoms with Gasteiger partial charge in [-0.05, 0) is 164 Å². The zero-order valence-electron chi connectivity index (χ0n) is 64.5. The number of hydrogen-bond donors (Lipinski definition) is 0. The predicted octanol–water partition coefficient (Wildman–Crippen LogP) is 15.7. The van der Waals surface area contributed by atoms with Gasteiger partial charge in [-0.2, -0.15) is 0 Å². The van der Waals surface area contributed by atoms with Gasteiger partial charge < -0.3 is 53.6 Å². The molecule has 9 saturated heterocycles. The van der Waals surface area contributed by atoms with Gasteiger partial charge in [-0.1, -0.05) is 157 Å². The highest BCUT2D eigenvalue weighted by molar-refractivity contribution is 5.78. The average molecular weight is 1250 g/mol. The van der Waals surface area contributed by atoms with Gasteiger partial charge in [-0.15, -0.1) is 0 Å². The van der Waals surface area contributed by atoms with Gasteiger partial charge in [0, 0.05) is 119 Å². The van der Waals surface area contributed by atoms with Crippen molar-refractivity contribution < 1.29 is 28.7 Å². The number of amides is 4. The van der Waals surface area contributed by atoms with E-state index in [2.05, 4.69) is 59.7 Å². The van der Waals surface area contributed by atoms with Gasteiger partial charge in [0.25, 0.3) is 0 Å². The first kappa shape index (κ1) is 103. The van der Waals surface area contributed by atoms with Crippen molar-refractivity contribution in [2.24, 2.45) is 0 Å². The molecule has 0 N–H and O–H groups in total. The third-order valence-electron chi connectivity index (χ3n) is 13.9. The molecule has 0 bridgehead atoms. The van der Waals surface area contributed by atoms with Crippen LogP contribution in [0.3, 0.4) is 0 Å². The second kappa shape index (κ2) is 90.0. The van der Waals surface area contributed by atoms with Crippen molar-refractivity contribution in [3.63, 3.8) is 0 Å². The number of likely N-dealkylation sites (tertiary alicyclic amines) is 7. The Labute approximate surface area is 547 Å². The first-order chi connectivity index (χ1) is 42.2. The average Bonchev–Trinajstić information content (AvgIpc) is 3.78. The number of carbonyl (C=O) groups excluding carboxylic acids is 4. The molecule has 0 radical (unpaired) electrons. The van der Waals surface area contributed by atoms with E-state index >= 15 is 0 Å². The zero-order valence-corrected chi connectivity index (χ0v) is 64.5. The van der Waals surface area contributed by atoms with E-state index in [1.54, 1.807) is 14.7 Å². The van der Waals surface area contributed by atoms with E-state index in [4.69, 9.17) is 9.47 Å². The van der Waals surface area contributed by atoms with Crippen molar-refractivity contribution in [2.45, 2.75) is 272 Å². The zero-order chi connectivity index (χ0) is 68.9. The van der Waals surface area contributed by atoms with Gasteiger partial charge in [0.2, 0.25) is 23.6 Å². The van der Waals surface area contributed by atoms with Crippen LogP contribution in [0.4, 0.5) is 0 Å². The maximum atomic E-state index is 10.9. The second-order valence-corrected chi connectivity index (χ2v) is 20.7. The van der Waals surface area contributed by atoms with Crippen molar-refractivity contribution in [2.75, 3.05) is 181 Å². The molecule has 9 aliphatic heterocycles. The Bertz CT molecular complexity index is 1170. The van der Waals surface area contributed by atoms with Crippen LogP contribution < -0.4 is 0 Å². The number of nitrogens with zero attached hydrogens (tertiary/aromatic N) is 9. The number of rotatable bonds is 0. The van der Waals surface area contributed by atoms with Crippen molar-refractivity contribution in [3.8, 4) is 0 Å². The highest BCUT2D eigenvalue weighted by Crippen LogP contribution is 2.10. The third-order valence-corrected chi connectivity index (χ3v) is 13.9. The fraction of sp³-hybridized carbons (Fsp3) is 0.944. The molecule has 0 aliphatic carbocycles. The lowest BCUT2D eigenvalue weighted by atomic mass is 10.1. The molecule has 9 rings (SSSR count). The summed E-state index contributed by atoms with van der Waals surface area (Å²) in [4.78, 5) is 61.6. The summed E-state index contributed by atoms with van der Waals surface area (Å²) < 4.78 is 10.4. The molecule has 4 amide bonds. The molecular formula is C72H163N9O6. The summed E-state index contributed by atoms with van der Waals surface area (Å²) in [5, 5.41) is 0. The summed E-state index contributed by atoms with van der Waals surface area (Å²) in [6.45, 7) is 56.1. The molecule has 87 heavy (non-hydrogen) atoms. The largest absolute Gasteiger partial charge is 0.380 e. The molecule has 0 atom stereocenters. The number of carbonyl (C=O) groups is 4. The molecule has 0 unspecified atom stereocenters. The van der Waals surface area contributed by atoms with Gasteiger partial charge in [-0.3, -0.25) is 19.2 Å². The van der Waals surface area contributed by atoms with E-state index in [1.165, 1.54) is 149 Å². The Balaban J connectivity index is -0.000000109. The van der Waals surface area contributed by atoms with Gasteiger partial charge in [0.05, 0.1) is 13.2 Å². The van der Waals surface area contributed by atoms with Crippen LogP contribution in [0, 0.1) is 0 Å². The van der Waals surface area contributed by atoms with E-state index < -0.39 is 0 Å². The van der Waals surface area contributed by atoms with Crippen LogP contribution in [-0.2, 0) is 28.7 Å². The Morgan fingerprint density at radius 1 is 0.195 bits per heavy atom. The molecule has 15 heteroatoms. The van der Waals surface area contributed by atoms with E-state index in [0.717, 1.165) is 117 Å². The van der Waals surface area contributed by atoms with Crippen LogP contribution in [0.15, 0.2) is 0 Å². The smallest absolute Gasteiger partial charge is 0.222 e. The molecule has 9 aliphatic rings. The highest BCUT2D eigenvalue weighted by atomic mass is 16.5. The quantitative estimate of drug-likeness (QED) is 0.231. The second-order valence-electron chi connectivity index (χ2n) is 20.7. The molecular weight excluding hydrogens is 1090 g/mol. The first-order valence-corrected chi connectivity index (χ1v) is 36.7. The van der Waals surface area contributed by atoms with Gasteiger partial charge in [-0.25, -0.2) is 0 Å². The van der Waals surface area contributed by atoms with Crippen molar-refractivity contribution in [1.82, 2.24) is 44.1 Å². The molecule has 0 aromatic rings. The molecule has 9 heterocycles. The fourth-order valence-electron chi connectivity index (χ4n) is 8.70. The Kier molecular flexibility index (Phi) is 107. The fourth-order valence-corrected chi connectivity index (χ4v) is 8.70. The molecule has 0 saturated carbocycles. The Morgan fingerprint density at radius 2 is 0.368 bits per heavy atom. The van der Waals surface area contributed by atoms with E-state index in [1.807, 2.05) is 158 Å². The third kappa shape index (κ3) is 79.6. The Hall–Kier alpha value is -2.40. The highest BCUT2D eigenvalue weighted by Gasteiger charge is 2.16. The van der Waals surface area contributed by atoms with Crippen LogP contribution in [0.1, 0.15) is 272 Å². The summed E-state index contributed by atoms with van der Waals surface area (Å²) in [7, 11) is 18.3. The Morgan fingerprint density at radius 3 is 0.621 bits per heavy atom. The van der Waals surface area contributed by atoms with Crippen LogP contribution in [0.2, 0.25) is 0 Å². The number of likely N-dealkylation sites (N-methyl/N-ethyl adjacent to an activating group) is 2. The number of ether oxygens (including phenoxy) is 2. The van der Waals surface area contributed by atoms with Gasteiger partial charge >= 0.3 is 0 Å². The monoisotopic (exact) mass is 1250 g/mol. The van der Waals surface area contributed by atoms with Crippen LogP contribution in [0.25, 0.3) is 0 Å². The molecule has 0 aromatic carbocycles. The number of piperidine rings is 3. The van der Waals surface area contributed by atoms with Crippen LogP contribution in [-0.4, -0.2) is 249 Å². The predicted molar refractivity (Wildman–Crippen MR) is 388 cm³/mol. The molecule has 532 valence electrons. The maximum Gasteiger partial charge on any atom is 0.222 e. The number of hydrogen-bond acceptors (Lipinski definition) is 11. The summed E-state index contributed by atoms with van der Waals surface area (Å²) in [6, 6.07) is 0. The molecule has 0 aromatic heterocycles. The normalized spacial score (nSPS) is 19.3. The minimum absolute atomic E-state index is 0.292. The summed E-state index contributed by atoms with van der Waals surface area (Å²) in [5.74, 6) is 1.20. The van der Waals surface area contributed by atoms with E-state index in [-0.39, 0.29) is 0 Å². The first-order valence-electron chi connectivity index (χ1n) is 36.7. The van der Waals surface area contributed by atoms with E-state index in [9.17, 15) is 19.2 Å². The van der Waals surface area contributed by atoms with Gasteiger partial charge in [0.1, 0.15) is 0 Å². The maximum absolute atomic E-state index is 10.9. The lowest BCUT2D eigenvalue weighted by molar-refractivity contribution is -0.132. The molecule has 0 spiro atoms. The van der Waals surface area contributed by atoms with Gasteiger partial charge in [0.15, 0.2) is 0 Å². The van der Waals surface area contributed by atoms with Crippen LogP contribution in [0.5, 0.6) is 0 Å². The van der Waals surface area contributed by atoms with Crippen molar-refractivity contribution >= 4 is 23.6 Å². The summed E-state index contributed by atoms with van der Waals surface area (Å²) in [6.07, 6.45) is 27.6. The SMILES string of the molecule is CC.CC.CC.CC.CC.CC.CC.CC.CC.CN1CCCC1=O.CN1CCCC1=O.CN1CCCCC1.CN1CCCCC1.CN1CCCCC1=O.CN1CCCCCC1.CN1CCCCCC1=O.CN1CCCOCC1.CN1CCCOCC1. The van der Waals surface area contributed by atoms with Crippen molar-refractivity contribution in [3.05, 3.63) is 0 Å². The molecule has 9 fully saturated rings. The van der Waals surface area contributed by atoms with Crippen molar-refractivity contribution in [1.29, 1.82) is 0 Å². The lowest BCUT2D eigenvalue weighted by Crippen LogP contribution is -2.31. The summed E-state index contributed by atoms with van der Waals surface area (Å²) >= 11 is 0. The lowest BCUT2D eigenvalue weighted by Gasteiger charge is -2.21. The topological polar surface area (TPSA) is 116 Å².